The molecular weight excluding hydrogens is 400 g/mol. The summed E-state index contributed by atoms with van der Waals surface area (Å²) in [6, 6.07) is 13.2. The van der Waals surface area contributed by atoms with Crippen LogP contribution >= 0.6 is 11.6 Å². The molecule has 4 rings (SSSR count). The van der Waals surface area contributed by atoms with Gasteiger partial charge in [0.1, 0.15) is 0 Å². The smallest absolute Gasteiger partial charge is 0.336 e. The summed E-state index contributed by atoms with van der Waals surface area (Å²) >= 11 is 6.02. The van der Waals surface area contributed by atoms with E-state index in [1.165, 1.54) is 0 Å². The average Bonchev–Trinajstić information content (AvgIpc) is 2.74. The second kappa shape index (κ2) is 8.44. The van der Waals surface area contributed by atoms with Crippen molar-refractivity contribution in [1.29, 1.82) is 0 Å². The first-order valence-electron chi connectivity index (χ1n) is 10.1. The highest BCUT2D eigenvalue weighted by molar-refractivity contribution is 6.30. The van der Waals surface area contributed by atoms with Gasteiger partial charge in [-0.3, -0.25) is 9.78 Å². The summed E-state index contributed by atoms with van der Waals surface area (Å²) < 4.78 is 5.31. The SMILES string of the molecule is CCOC(=O)C1=C(C)NC2=C(C(=O)C[C@H](c3ccc(Cl)cc3)C2)[C@@H]1c1ccccn1. The zero-order valence-electron chi connectivity index (χ0n) is 16.9. The molecule has 1 aliphatic heterocycles. The van der Waals surface area contributed by atoms with Crippen LogP contribution < -0.4 is 5.32 Å². The molecule has 6 heteroatoms. The molecule has 1 aromatic carbocycles. The molecule has 0 radical (unpaired) electrons. The van der Waals surface area contributed by atoms with Crippen LogP contribution in [-0.4, -0.2) is 23.3 Å². The Labute approximate surface area is 180 Å². The highest BCUT2D eigenvalue weighted by atomic mass is 35.5. The lowest BCUT2D eigenvalue weighted by Crippen LogP contribution is -2.36. The monoisotopic (exact) mass is 422 g/mol. The molecule has 0 saturated heterocycles. The second-order valence-electron chi connectivity index (χ2n) is 7.54. The number of allylic oxidation sites excluding steroid dienone is 3. The van der Waals surface area contributed by atoms with Crippen molar-refractivity contribution in [3.63, 3.8) is 0 Å². The lowest BCUT2D eigenvalue weighted by molar-refractivity contribution is -0.138. The van der Waals surface area contributed by atoms with E-state index in [1.54, 1.807) is 13.1 Å². The van der Waals surface area contributed by atoms with E-state index in [-0.39, 0.29) is 18.3 Å². The van der Waals surface area contributed by atoms with E-state index in [4.69, 9.17) is 16.3 Å². The van der Waals surface area contributed by atoms with Crippen molar-refractivity contribution in [3.05, 3.63) is 87.5 Å². The van der Waals surface area contributed by atoms with Crippen LogP contribution in [0.4, 0.5) is 0 Å². The van der Waals surface area contributed by atoms with E-state index in [9.17, 15) is 9.59 Å². The van der Waals surface area contributed by atoms with Gasteiger partial charge >= 0.3 is 5.97 Å². The summed E-state index contributed by atoms with van der Waals surface area (Å²) in [5.74, 6) is -0.867. The number of pyridine rings is 1. The number of carbonyl (C=O) groups is 2. The first-order chi connectivity index (χ1) is 14.5. The van der Waals surface area contributed by atoms with Gasteiger partial charge in [0.2, 0.25) is 0 Å². The van der Waals surface area contributed by atoms with E-state index in [0.717, 1.165) is 11.3 Å². The third kappa shape index (κ3) is 3.77. The summed E-state index contributed by atoms with van der Waals surface area (Å²) in [5, 5.41) is 4.00. The van der Waals surface area contributed by atoms with E-state index in [2.05, 4.69) is 10.3 Å². The van der Waals surface area contributed by atoms with Gasteiger partial charge in [0.05, 0.1) is 23.8 Å². The number of esters is 1. The number of aromatic nitrogens is 1. The molecule has 2 aliphatic rings. The van der Waals surface area contributed by atoms with Crippen LogP contribution in [0.15, 0.2) is 71.2 Å². The molecule has 2 heterocycles. The van der Waals surface area contributed by atoms with Crippen molar-refractivity contribution < 1.29 is 14.3 Å². The summed E-state index contributed by atoms with van der Waals surface area (Å²) in [6.07, 6.45) is 2.74. The number of halogens is 1. The zero-order valence-corrected chi connectivity index (χ0v) is 17.7. The van der Waals surface area contributed by atoms with E-state index >= 15 is 0 Å². The summed E-state index contributed by atoms with van der Waals surface area (Å²) in [7, 11) is 0. The van der Waals surface area contributed by atoms with Crippen molar-refractivity contribution in [1.82, 2.24) is 10.3 Å². The minimum Gasteiger partial charge on any atom is -0.463 e. The molecule has 0 fully saturated rings. The fourth-order valence-corrected chi connectivity index (χ4v) is 4.46. The molecule has 0 amide bonds. The summed E-state index contributed by atoms with van der Waals surface area (Å²) in [6.45, 7) is 3.89. The van der Waals surface area contributed by atoms with Crippen LogP contribution in [-0.2, 0) is 14.3 Å². The van der Waals surface area contributed by atoms with Crippen LogP contribution in [0.3, 0.4) is 0 Å². The van der Waals surface area contributed by atoms with Crippen molar-refractivity contribution in [2.24, 2.45) is 0 Å². The Kier molecular flexibility index (Phi) is 5.73. The predicted octanol–water partition coefficient (Wildman–Crippen LogP) is 4.66. The maximum atomic E-state index is 13.4. The number of rotatable bonds is 4. The average molecular weight is 423 g/mol. The van der Waals surface area contributed by atoms with Crippen LogP contribution in [0.2, 0.25) is 5.02 Å². The first-order valence-corrected chi connectivity index (χ1v) is 10.4. The maximum absolute atomic E-state index is 13.4. The van der Waals surface area contributed by atoms with Gasteiger partial charge in [0, 0.05) is 34.6 Å². The Hall–Kier alpha value is -2.92. The van der Waals surface area contributed by atoms with Crippen molar-refractivity contribution in [2.75, 3.05) is 6.61 Å². The fourth-order valence-electron chi connectivity index (χ4n) is 4.33. The van der Waals surface area contributed by atoms with Gasteiger partial charge in [-0.25, -0.2) is 4.79 Å². The van der Waals surface area contributed by atoms with Gasteiger partial charge in [0.25, 0.3) is 0 Å². The summed E-state index contributed by atoms with van der Waals surface area (Å²) in [4.78, 5) is 30.6. The molecule has 0 spiro atoms. The molecule has 1 aromatic heterocycles. The van der Waals surface area contributed by atoms with Crippen molar-refractivity contribution in [2.45, 2.75) is 38.5 Å². The largest absolute Gasteiger partial charge is 0.463 e. The minimum atomic E-state index is -0.528. The van der Waals surface area contributed by atoms with Crippen LogP contribution in [0.5, 0.6) is 0 Å². The third-order valence-corrected chi connectivity index (χ3v) is 5.90. The Morgan fingerprint density at radius 2 is 1.97 bits per heavy atom. The lowest BCUT2D eigenvalue weighted by atomic mass is 9.73. The molecular formula is C24H23ClN2O3. The van der Waals surface area contributed by atoms with Crippen LogP contribution in [0.25, 0.3) is 0 Å². The number of hydrogen-bond donors (Lipinski definition) is 1. The Morgan fingerprint density at radius 3 is 2.63 bits per heavy atom. The Bertz CT molecular complexity index is 1040. The molecule has 0 bridgehead atoms. The standard InChI is InChI=1S/C24H23ClN2O3/c1-3-30-24(29)21-14(2)27-19-12-16(15-7-9-17(25)10-8-15)13-20(28)22(19)23(21)18-6-4-5-11-26-18/h4-11,16,23,27H,3,12-13H2,1-2H3/t16-,23-/m1/s1. The maximum Gasteiger partial charge on any atom is 0.336 e. The first kappa shape index (κ1) is 20.4. The lowest BCUT2D eigenvalue weighted by Gasteiger charge is -2.36. The highest BCUT2D eigenvalue weighted by Gasteiger charge is 2.41. The van der Waals surface area contributed by atoms with Gasteiger partial charge in [-0.2, -0.15) is 0 Å². The number of nitrogens with zero attached hydrogens (tertiary/aromatic N) is 1. The number of benzene rings is 1. The van der Waals surface area contributed by atoms with Crippen LogP contribution in [0, 0.1) is 0 Å². The molecule has 1 aliphatic carbocycles. The van der Waals surface area contributed by atoms with Crippen LogP contribution in [0.1, 0.15) is 49.8 Å². The van der Waals surface area contributed by atoms with Gasteiger partial charge in [-0.15, -0.1) is 0 Å². The van der Waals surface area contributed by atoms with Crippen molar-refractivity contribution in [3.8, 4) is 0 Å². The Balaban J connectivity index is 1.77. The number of dihydropyridines is 1. The number of ether oxygens (including phenoxy) is 1. The predicted molar refractivity (Wildman–Crippen MR) is 115 cm³/mol. The number of Topliss-reactive ketones (excluding diaryl/α,β-unsaturated/α-hetero) is 1. The normalized spacial score (nSPS) is 21.2. The third-order valence-electron chi connectivity index (χ3n) is 5.65. The van der Waals surface area contributed by atoms with Gasteiger partial charge < -0.3 is 10.1 Å². The van der Waals surface area contributed by atoms with E-state index in [0.29, 0.717) is 40.4 Å². The zero-order chi connectivity index (χ0) is 21.3. The summed E-state index contributed by atoms with van der Waals surface area (Å²) in [5.41, 5.74) is 4.38. The van der Waals surface area contributed by atoms with Gasteiger partial charge in [-0.1, -0.05) is 29.8 Å². The fraction of sp³-hybridized carbons (Fsp3) is 0.292. The number of hydrogen-bond acceptors (Lipinski definition) is 5. The number of carbonyl (C=O) groups excluding carboxylic acids is 2. The molecule has 1 N–H and O–H groups in total. The molecule has 154 valence electrons. The van der Waals surface area contributed by atoms with E-state index < -0.39 is 11.9 Å². The quantitative estimate of drug-likeness (QED) is 0.726. The molecule has 2 atom stereocenters. The van der Waals surface area contributed by atoms with Crippen molar-refractivity contribution >= 4 is 23.4 Å². The minimum absolute atomic E-state index is 0.0219. The molecule has 0 unspecified atom stereocenters. The molecule has 2 aromatic rings. The van der Waals surface area contributed by atoms with Gasteiger partial charge in [0.15, 0.2) is 5.78 Å². The van der Waals surface area contributed by atoms with E-state index in [1.807, 2.05) is 49.4 Å². The molecule has 30 heavy (non-hydrogen) atoms. The highest BCUT2D eigenvalue weighted by Crippen LogP contribution is 2.45. The second-order valence-corrected chi connectivity index (χ2v) is 7.98. The number of nitrogens with one attached hydrogen (secondary N) is 1. The number of ketones is 1. The van der Waals surface area contributed by atoms with Gasteiger partial charge in [-0.05, 0) is 56.0 Å². The Morgan fingerprint density at radius 1 is 1.20 bits per heavy atom. The topological polar surface area (TPSA) is 68.3 Å². The molecule has 0 saturated carbocycles. The molecule has 5 nitrogen and oxygen atoms in total.